The lowest BCUT2D eigenvalue weighted by Gasteiger charge is -2.38. The number of alkyl halides is 3. The molecule has 1 fully saturated rings. The Morgan fingerprint density at radius 3 is 2.16 bits per heavy atom. The fourth-order valence-electron chi connectivity index (χ4n) is 3.96. The molecule has 0 bridgehead atoms. The average Bonchev–Trinajstić information content (AvgIpc) is 2.77. The third kappa shape index (κ3) is 5.22. The van der Waals surface area contributed by atoms with Crippen LogP contribution in [0.2, 0.25) is 0 Å². The van der Waals surface area contributed by atoms with E-state index < -0.39 is 11.7 Å². The van der Waals surface area contributed by atoms with Crippen molar-refractivity contribution in [1.29, 1.82) is 0 Å². The number of piperidine rings is 1. The van der Waals surface area contributed by atoms with Gasteiger partial charge in [-0.05, 0) is 66.4 Å². The van der Waals surface area contributed by atoms with Gasteiger partial charge in [0.25, 0.3) is 0 Å². The molecule has 1 unspecified atom stereocenters. The molecule has 4 rings (SSSR count). The summed E-state index contributed by atoms with van der Waals surface area (Å²) in [7, 11) is 0. The molecular formula is C24H22F4N2O. The summed E-state index contributed by atoms with van der Waals surface area (Å²) in [6.07, 6.45) is 0.588. The van der Waals surface area contributed by atoms with Gasteiger partial charge in [-0.2, -0.15) is 13.2 Å². The number of nitrogens with zero attached hydrogens (tertiary/aromatic N) is 2. The number of rotatable bonds is 5. The third-order valence-electron chi connectivity index (χ3n) is 5.51. The number of hydrogen-bond donors (Lipinski definition) is 0. The van der Waals surface area contributed by atoms with Gasteiger partial charge in [0.1, 0.15) is 17.7 Å². The molecule has 0 saturated carbocycles. The largest absolute Gasteiger partial charge is 0.490 e. The van der Waals surface area contributed by atoms with Crippen LogP contribution in [-0.2, 0) is 6.18 Å². The first-order chi connectivity index (χ1) is 14.9. The monoisotopic (exact) mass is 430 g/mol. The van der Waals surface area contributed by atoms with Crippen molar-refractivity contribution in [3.05, 3.63) is 95.6 Å². The van der Waals surface area contributed by atoms with Gasteiger partial charge < -0.3 is 4.74 Å². The standard InChI is InChI=1S/C24H22F4N2O/c25-20-7-9-21(10-8-20)31-22-11-14-30(15-12-22)23(18-2-1-13-29-16-18)17-3-5-19(6-4-17)24(26,27)28/h1-10,13,16,22-23H,11-12,14-15H2. The molecular weight excluding hydrogens is 408 g/mol. The zero-order valence-electron chi connectivity index (χ0n) is 16.7. The molecule has 0 amide bonds. The van der Waals surface area contributed by atoms with E-state index in [4.69, 9.17) is 4.74 Å². The van der Waals surface area contributed by atoms with E-state index in [1.54, 1.807) is 36.7 Å². The van der Waals surface area contributed by atoms with E-state index in [1.165, 1.54) is 12.1 Å². The van der Waals surface area contributed by atoms with Crippen molar-refractivity contribution < 1.29 is 22.3 Å². The molecule has 3 nitrogen and oxygen atoms in total. The summed E-state index contributed by atoms with van der Waals surface area (Å²) >= 11 is 0. The summed E-state index contributed by atoms with van der Waals surface area (Å²) in [5, 5.41) is 0. The topological polar surface area (TPSA) is 25.4 Å². The Hall–Kier alpha value is -2.93. The first-order valence-corrected chi connectivity index (χ1v) is 10.1. The van der Waals surface area contributed by atoms with Crippen molar-refractivity contribution >= 4 is 0 Å². The van der Waals surface area contributed by atoms with E-state index >= 15 is 0 Å². The van der Waals surface area contributed by atoms with Gasteiger partial charge in [0.15, 0.2) is 0 Å². The molecule has 0 aliphatic carbocycles. The minimum Gasteiger partial charge on any atom is -0.490 e. The van der Waals surface area contributed by atoms with E-state index in [9.17, 15) is 17.6 Å². The molecule has 3 aromatic rings. The molecule has 2 aromatic carbocycles. The Balaban J connectivity index is 1.50. The molecule has 162 valence electrons. The van der Waals surface area contributed by atoms with Crippen LogP contribution >= 0.6 is 0 Å². The number of halogens is 4. The van der Waals surface area contributed by atoms with E-state index in [2.05, 4.69) is 9.88 Å². The van der Waals surface area contributed by atoms with Crippen LogP contribution in [0.4, 0.5) is 17.6 Å². The van der Waals surface area contributed by atoms with Gasteiger partial charge in [-0.15, -0.1) is 0 Å². The van der Waals surface area contributed by atoms with Gasteiger partial charge in [0.05, 0.1) is 11.6 Å². The van der Waals surface area contributed by atoms with Crippen molar-refractivity contribution in [3.63, 3.8) is 0 Å². The van der Waals surface area contributed by atoms with Crippen molar-refractivity contribution in [1.82, 2.24) is 9.88 Å². The number of aromatic nitrogens is 1. The van der Waals surface area contributed by atoms with Crippen LogP contribution in [-0.4, -0.2) is 29.1 Å². The van der Waals surface area contributed by atoms with Crippen LogP contribution in [0.3, 0.4) is 0 Å². The molecule has 1 atom stereocenters. The molecule has 1 saturated heterocycles. The molecule has 7 heteroatoms. The fourth-order valence-corrected chi connectivity index (χ4v) is 3.96. The second-order valence-electron chi connectivity index (χ2n) is 7.62. The molecule has 1 aromatic heterocycles. The molecule has 1 aliphatic heterocycles. The van der Waals surface area contributed by atoms with Gasteiger partial charge in [0.2, 0.25) is 0 Å². The zero-order valence-corrected chi connectivity index (χ0v) is 16.7. The first kappa shape index (κ1) is 21.3. The van der Waals surface area contributed by atoms with E-state index in [1.807, 2.05) is 12.1 Å². The fraction of sp³-hybridized carbons (Fsp3) is 0.292. The number of hydrogen-bond acceptors (Lipinski definition) is 3. The van der Waals surface area contributed by atoms with Crippen LogP contribution in [0.15, 0.2) is 73.1 Å². The van der Waals surface area contributed by atoms with Crippen molar-refractivity contribution in [2.75, 3.05) is 13.1 Å². The van der Waals surface area contributed by atoms with Gasteiger partial charge in [0, 0.05) is 25.5 Å². The number of likely N-dealkylation sites (tertiary alicyclic amines) is 1. The van der Waals surface area contributed by atoms with Crippen molar-refractivity contribution in [2.45, 2.75) is 31.2 Å². The lowest BCUT2D eigenvalue weighted by atomic mass is 9.94. The Labute approximate surface area is 178 Å². The lowest BCUT2D eigenvalue weighted by Crippen LogP contribution is -2.40. The Morgan fingerprint density at radius 2 is 1.58 bits per heavy atom. The number of ether oxygens (including phenoxy) is 1. The van der Waals surface area contributed by atoms with Crippen LogP contribution in [0.1, 0.15) is 35.6 Å². The molecule has 0 spiro atoms. The maximum atomic E-state index is 13.1. The smallest absolute Gasteiger partial charge is 0.416 e. The second kappa shape index (κ2) is 9.06. The summed E-state index contributed by atoms with van der Waals surface area (Å²) in [5.74, 6) is 0.324. The summed E-state index contributed by atoms with van der Waals surface area (Å²) in [4.78, 5) is 6.44. The highest BCUT2D eigenvalue weighted by Gasteiger charge is 2.32. The summed E-state index contributed by atoms with van der Waals surface area (Å²) < 4.78 is 58.0. The second-order valence-corrected chi connectivity index (χ2v) is 7.62. The Bertz CT molecular complexity index is 967. The van der Waals surface area contributed by atoms with Gasteiger partial charge in [-0.1, -0.05) is 18.2 Å². The van der Waals surface area contributed by atoms with Crippen LogP contribution in [0, 0.1) is 5.82 Å². The van der Waals surface area contributed by atoms with Crippen LogP contribution in [0.25, 0.3) is 0 Å². The highest BCUT2D eigenvalue weighted by atomic mass is 19.4. The molecule has 1 aliphatic rings. The van der Waals surface area contributed by atoms with Gasteiger partial charge in [-0.3, -0.25) is 9.88 Å². The van der Waals surface area contributed by atoms with E-state index in [0.29, 0.717) is 18.8 Å². The molecule has 0 radical (unpaired) electrons. The normalized spacial score (nSPS) is 16.8. The number of pyridine rings is 1. The number of benzene rings is 2. The Kier molecular flexibility index (Phi) is 6.23. The van der Waals surface area contributed by atoms with Gasteiger partial charge in [-0.25, -0.2) is 4.39 Å². The van der Waals surface area contributed by atoms with Crippen LogP contribution < -0.4 is 4.74 Å². The predicted molar refractivity (Wildman–Crippen MR) is 109 cm³/mol. The quantitative estimate of drug-likeness (QED) is 0.473. The van der Waals surface area contributed by atoms with Crippen molar-refractivity contribution in [2.24, 2.45) is 0 Å². The van der Waals surface area contributed by atoms with Gasteiger partial charge >= 0.3 is 6.18 Å². The highest BCUT2D eigenvalue weighted by molar-refractivity contribution is 5.33. The van der Waals surface area contributed by atoms with Crippen molar-refractivity contribution in [3.8, 4) is 5.75 Å². The first-order valence-electron chi connectivity index (χ1n) is 10.1. The van der Waals surface area contributed by atoms with Crippen LogP contribution in [0.5, 0.6) is 5.75 Å². The minimum atomic E-state index is -4.36. The maximum absolute atomic E-state index is 13.1. The highest BCUT2D eigenvalue weighted by Crippen LogP contribution is 2.34. The lowest BCUT2D eigenvalue weighted by molar-refractivity contribution is -0.137. The summed E-state index contributed by atoms with van der Waals surface area (Å²) in [6, 6.07) is 14.9. The van der Waals surface area contributed by atoms with E-state index in [-0.39, 0.29) is 18.0 Å². The summed E-state index contributed by atoms with van der Waals surface area (Å²) in [6.45, 7) is 1.43. The SMILES string of the molecule is Fc1ccc(OC2CCN(C(c3ccc(C(F)(F)F)cc3)c3cccnc3)CC2)cc1. The minimum absolute atomic E-state index is 0.00358. The Morgan fingerprint density at radius 1 is 0.903 bits per heavy atom. The van der Waals surface area contributed by atoms with E-state index in [0.717, 1.165) is 36.1 Å². The molecule has 0 N–H and O–H groups in total. The predicted octanol–water partition coefficient (Wildman–Crippen LogP) is 5.87. The average molecular weight is 430 g/mol. The molecule has 2 heterocycles. The zero-order chi connectivity index (χ0) is 21.8. The third-order valence-corrected chi connectivity index (χ3v) is 5.51. The molecule has 31 heavy (non-hydrogen) atoms. The summed E-state index contributed by atoms with van der Waals surface area (Å²) in [5.41, 5.74) is 1.06. The maximum Gasteiger partial charge on any atom is 0.416 e.